The monoisotopic (exact) mass is 220 g/mol. The SMILES string of the molecule is C/C(=C\C=C(/C)C(C)C)c1ccc(C)s1. The van der Waals surface area contributed by atoms with E-state index in [1.807, 2.05) is 11.3 Å². The van der Waals surface area contributed by atoms with Gasteiger partial charge < -0.3 is 0 Å². The number of rotatable bonds is 3. The summed E-state index contributed by atoms with van der Waals surface area (Å²) in [7, 11) is 0. The van der Waals surface area contributed by atoms with Gasteiger partial charge in [-0.2, -0.15) is 0 Å². The minimum atomic E-state index is 0.638. The van der Waals surface area contributed by atoms with Gasteiger partial charge in [-0.25, -0.2) is 0 Å². The lowest BCUT2D eigenvalue weighted by atomic mass is 10.0. The van der Waals surface area contributed by atoms with Crippen molar-refractivity contribution in [1.29, 1.82) is 0 Å². The van der Waals surface area contributed by atoms with Crippen LogP contribution in [-0.2, 0) is 0 Å². The fraction of sp³-hybridized carbons (Fsp3) is 0.429. The molecule has 1 heterocycles. The van der Waals surface area contributed by atoms with Crippen molar-refractivity contribution < 1.29 is 0 Å². The van der Waals surface area contributed by atoms with Crippen LogP contribution in [0.1, 0.15) is 37.4 Å². The van der Waals surface area contributed by atoms with Gasteiger partial charge in [0, 0.05) is 9.75 Å². The molecule has 0 radical (unpaired) electrons. The third-order valence-electron chi connectivity index (χ3n) is 2.64. The van der Waals surface area contributed by atoms with Crippen molar-refractivity contribution in [3.63, 3.8) is 0 Å². The van der Waals surface area contributed by atoms with Crippen molar-refractivity contribution in [2.45, 2.75) is 34.6 Å². The molecule has 0 aliphatic rings. The topological polar surface area (TPSA) is 0 Å². The molecule has 0 bridgehead atoms. The summed E-state index contributed by atoms with van der Waals surface area (Å²) >= 11 is 1.86. The molecule has 0 amide bonds. The van der Waals surface area contributed by atoms with Gasteiger partial charge >= 0.3 is 0 Å². The Morgan fingerprint density at radius 3 is 2.33 bits per heavy atom. The molecular formula is C14H20S. The summed E-state index contributed by atoms with van der Waals surface area (Å²) in [6.07, 6.45) is 4.45. The van der Waals surface area contributed by atoms with E-state index in [0.717, 1.165) is 0 Å². The molecule has 82 valence electrons. The first kappa shape index (κ1) is 12.3. The van der Waals surface area contributed by atoms with E-state index in [9.17, 15) is 0 Å². The van der Waals surface area contributed by atoms with Crippen LogP contribution in [0.15, 0.2) is 29.9 Å². The van der Waals surface area contributed by atoms with Crippen LogP contribution in [0, 0.1) is 12.8 Å². The summed E-state index contributed by atoms with van der Waals surface area (Å²) in [4.78, 5) is 2.75. The van der Waals surface area contributed by atoms with Crippen LogP contribution in [0.4, 0.5) is 0 Å². The van der Waals surface area contributed by atoms with Crippen molar-refractivity contribution in [1.82, 2.24) is 0 Å². The number of thiophene rings is 1. The van der Waals surface area contributed by atoms with Gasteiger partial charge in [-0.15, -0.1) is 11.3 Å². The molecule has 0 aliphatic heterocycles. The molecule has 1 rings (SSSR count). The lowest BCUT2D eigenvalue weighted by Gasteiger charge is -2.02. The average Bonchev–Trinajstić information content (AvgIpc) is 2.60. The smallest absolute Gasteiger partial charge is 0.0302 e. The molecule has 0 atom stereocenters. The molecule has 1 aromatic heterocycles. The Kier molecular flexibility index (Phi) is 4.34. The van der Waals surface area contributed by atoms with Crippen molar-refractivity contribution in [2.24, 2.45) is 5.92 Å². The Morgan fingerprint density at radius 2 is 1.87 bits per heavy atom. The predicted octanol–water partition coefficient (Wildman–Crippen LogP) is 5.06. The van der Waals surface area contributed by atoms with E-state index in [-0.39, 0.29) is 0 Å². The zero-order valence-electron chi connectivity index (χ0n) is 10.3. The van der Waals surface area contributed by atoms with Crippen molar-refractivity contribution in [3.05, 3.63) is 39.6 Å². The third kappa shape index (κ3) is 3.67. The predicted molar refractivity (Wildman–Crippen MR) is 71.3 cm³/mol. The number of allylic oxidation sites excluding steroid dienone is 4. The molecular weight excluding hydrogens is 200 g/mol. The second-order valence-corrected chi connectivity index (χ2v) is 5.61. The Morgan fingerprint density at radius 1 is 1.20 bits per heavy atom. The van der Waals surface area contributed by atoms with Gasteiger partial charge in [0.05, 0.1) is 0 Å². The van der Waals surface area contributed by atoms with Crippen molar-refractivity contribution in [3.8, 4) is 0 Å². The molecule has 0 N–H and O–H groups in total. The van der Waals surface area contributed by atoms with Gasteiger partial charge in [0.25, 0.3) is 0 Å². The van der Waals surface area contributed by atoms with Gasteiger partial charge in [-0.1, -0.05) is 31.6 Å². The molecule has 0 spiro atoms. The van der Waals surface area contributed by atoms with Crippen LogP contribution in [0.3, 0.4) is 0 Å². The number of hydrogen-bond donors (Lipinski definition) is 0. The summed E-state index contributed by atoms with van der Waals surface area (Å²) in [6.45, 7) is 11.0. The van der Waals surface area contributed by atoms with Crippen LogP contribution in [-0.4, -0.2) is 0 Å². The summed E-state index contributed by atoms with van der Waals surface area (Å²) in [5.41, 5.74) is 2.79. The summed E-state index contributed by atoms with van der Waals surface area (Å²) in [5, 5.41) is 0. The van der Waals surface area contributed by atoms with Crippen LogP contribution in [0.25, 0.3) is 5.57 Å². The standard InChI is InChI=1S/C14H20S/c1-10(2)11(3)6-7-12(4)14-9-8-13(5)15-14/h6-10H,1-5H3/b11-6+,12-7+. The maximum Gasteiger partial charge on any atom is 0.0302 e. The van der Waals surface area contributed by atoms with Gasteiger partial charge in [-0.3, -0.25) is 0 Å². The van der Waals surface area contributed by atoms with E-state index in [1.165, 1.54) is 20.9 Å². The first-order valence-electron chi connectivity index (χ1n) is 5.42. The summed E-state index contributed by atoms with van der Waals surface area (Å²) < 4.78 is 0. The Labute approximate surface area is 97.3 Å². The lowest BCUT2D eigenvalue weighted by molar-refractivity contribution is 0.769. The highest BCUT2D eigenvalue weighted by Gasteiger charge is 1.98. The van der Waals surface area contributed by atoms with Crippen LogP contribution < -0.4 is 0 Å². The molecule has 0 unspecified atom stereocenters. The zero-order chi connectivity index (χ0) is 11.4. The van der Waals surface area contributed by atoms with E-state index >= 15 is 0 Å². The molecule has 0 nitrogen and oxygen atoms in total. The van der Waals surface area contributed by atoms with Crippen LogP contribution in [0.5, 0.6) is 0 Å². The molecule has 0 saturated carbocycles. The number of hydrogen-bond acceptors (Lipinski definition) is 1. The second kappa shape index (κ2) is 5.32. The minimum absolute atomic E-state index is 0.638. The van der Waals surface area contributed by atoms with Crippen LogP contribution >= 0.6 is 11.3 Å². The maximum atomic E-state index is 2.23. The molecule has 0 fully saturated rings. The first-order valence-corrected chi connectivity index (χ1v) is 6.24. The lowest BCUT2D eigenvalue weighted by Crippen LogP contribution is -1.86. The molecule has 0 aromatic carbocycles. The van der Waals surface area contributed by atoms with E-state index in [0.29, 0.717) is 5.92 Å². The third-order valence-corrected chi connectivity index (χ3v) is 3.77. The minimum Gasteiger partial charge on any atom is -0.141 e. The largest absolute Gasteiger partial charge is 0.141 e. The Hall–Kier alpha value is -0.820. The number of aryl methyl sites for hydroxylation is 1. The zero-order valence-corrected chi connectivity index (χ0v) is 11.1. The van der Waals surface area contributed by atoms with Crippen molar-refractivity contribution >= 4 is 16.9 Å². The highest BCUT2D eigenvalue weighted by atomic mass is 32.1. The van der Waals surface area contributed by atoms with Gasteiger partial charge in [0.2, 0.25) is 0 Å². The Bertz CT molecular complexity index is 378. The quantitative estimate of drug-likeness (QED) is 0.624. The Balaban J connectivity index is 2.81. The average molecular weight is 220 g/mol. The van der Waals surface area contributed by atoms with E-state index < -0.39 is 0 Å². The fourth-order valence-corrected chi connectivity index (χ4v) is 2.03. The molecule has 1 heteroatoms. The van der Waals surface area contributed by atoms with Crippen LogP contribution in [0.2, 0.25) is 0 Å². The molecule has 15 heavy (non-hydrogen) atoms. The van der Waals surface area contributed by atoms with Gasteiger partial charge in [0.15, 0.2) is 0 Å². The fourth-order valence-electron chi connectivity index (χ4n) is 1.18. The summed E-state index contributed by atoms with van der Waals surface area (Å²) in [6, 6.07) is 4.38. The highest BCUT2D eigenvalue weighted by molar-refractivity contribution is 7.13. The molecule has 1 aromatic rings. The summed E-state index contributed by atoms with van der Waals surface area (Å²) in [5.74, 6) is 0.638. The van der Waals surface area contributed by atoms with E-state index in [4.69, 9.17) is 0 Å². The van der Waals surface area contributed by atoms with Gasteiger partial charge in [0.1, 0.15) is 0 Å². The molecule has 0 saturated heterocycles. The maximum absolute atomic E-state index is 2.23. The normalized spacial score (nSPS) is 13.7. The van der Waals surface area contributed by atoms with E-state index in [2.05, 4.69) is 58.9 Å². The first-order chi connectivity index (χ1) is 7.00. The van der Waals surface area contributed by atoms with Gasteiger partial charge in [-0.05, 0) is 44.4 Å². The second-order valence-electron chi connectivity index (χ2n) is 4.33. The van der Waals surface area contributed by atoms with E-state index in [1.54, 1.807) is 0 Å². The molecule has 0 aliphatic carbocycles. The van der Waals surface area contributed by atoms with Crippen molar-refractivity contribution in [2.75, 3.05) is 0 Å². The highest BCUT2D eigenvalue weighted by Crippen LogP contribution is 2.23.